The van der Waals surface area contributed by atoms with Crippen LogP contribution in [0, 0.1) is 0 Å². The van der Waals surface area contributed by atoms with Crippen molar-refractivity contribution in [1.82, 2.24) is 10.6 Å². The topological polar surface area (TPSA) is 67.4 Å². The van der Waals surface area contributed by atoms with Crippen molar-refractivity contribution < 1.29 is 14.3 Å². The lowest BCUT2D eigenvalue weighted by Crippen LogP contribution is -2.41. The third kappa shape index (κ3) is 3.78. The van der Waals surface area contributed by atoms with Crippen molar-refractivity contribution in [3.8, 4) is 5.75 Å². The van der Waals surface area contributed by atoms with Crippen LogP contribution in [-0.2, 0) is 21.5 Å². The lowest BCUT2D eigenvalue weighted by molar-refractivity contribution is -0.125. The van der Waals surface area contributed by atoms with Gasteiger partial charge in [0.2, 0.25) is 11.8 Å². The summed E-state index contributed by atoms with van der Waals surface area (Å²) in [4.78, 5) is 23.2. The average molecular weight is 304 g/mol. The van der Waals surface area contributed by atoms with E-state index in [1.807, 2.05) is 12.1 Å². The fourth-order valence-electron chi connectivity index (χ4n) is 2.57. The summed E-state index contributed by atoms with van der Waals surface area (Å²) >= 11 is 0. The van der Waals surface area contributed by atoms with Crippen LogP contribution in [0.3, 0.4) is 0 Å². The molecule has 0 bridgehead atoms. The number of amides is 2. The Bertz CT molecular complexity index is 576. The molecule has 1 unspecified atom stereocenters. The van der Waals surface area contributed by atoms with Crippen LogP contribution in [0.25, 0.3) is 0 Å². The van der Waals surface area contributed by atoms with Gasteiger partial charge in [-0.2, -0.15) is 0 Å². The highest BCUT2D eigenvalue weighted by atomic mass is 16.5. The normalized spacial score (nSPS) is 18.0. The molecular weight excluding hydrogens is 280 g/mol. The molecule has 0 aromatic heterocycles. The minimum atomic E-state index is -0.396. The van der Waals surface area contributed by atoms with E-state index >= 15 is 0 Å². The third-order valence-corrected chi connectivity index (χ3v) is 3.85. The molecule has 0 saturated carbocycles. The Morgan fingerprint density at radius 1 is 1.41 bits per heavy atom. The first kappa shape index (κ1) is 16.3. The van der Waals surface area contributed by atoms with Crippen LogP contribution >= 0.6 is 0 Å². The Kier molecular flexibility index (Phi) is 4.74. The molecule has 2 N–H and O–H groups in total. The number of hydrogen-bond donors (Lipinski definition) is 2. The van der Waals surface area contributed by atoms with Gasteiger partial charge in [-0.1, -0.05) is 26.8 Å². The number of ether oxygens (including phenoxy) is 1. The van der Waals surface area contributed by atoms with Gasteiger partial charge in [0.05, 0.1) is 7.11 Å². The van der Waals surface area contributed by atoms with Crippen molar-refractivity contribution in [2.75, 3.05) is 7.11 Å². The first-order chi connectivity index (χ1) is 10.3. The fraction of sp³-hybridized carbons (Fsp3) is 0.529. The largest absolute Gasteiger partial charge is 0.496 e. The van der Waals surface area contributed by atoms with Crippen LogP contribution in [0.1, 0.15) is 44.7 Å². The van der Waals surface area contributed by atoms with Crippen LogP contribution in [-0.4, -0.2) is 25.0 Å². The quantitative estimate of drug-likeness (QED) is 0.892. The minimum Gasteiger partial charge on any atom is -0.496 e. The van der Waals surface area contributed by atoms with E-state index in [0.717, 1.165) is 16.9 Å². The van der Waals surface area contributed by atoms with E-state index < -0.39 is 6.04 Å². The summed E-state index contributed by atoms with van der Waals surface area (Å²) in [6, 6.07) is 5.54. The third-order valence-electron chi connectivity index (χ3n) is 3.85. The van der Waals surface area contributed by atoms with Gasteiger partial charge in [0.1, 0.15) is 11.8 Å². The molecule has 0 spiro atoms. The number of carbonyl (C=O) groups excluding carboxylic acids is 2. The van der Waals surface area contributed by atoms with Crippen LogP contribution in [0.4, 0.5) is 0 Å². The van der Waals surface area contributed by atoms with E-state index in [0.29, 0.717) is 19.4 Å². The van der Waals surface area contributed by atoms with Crippen molar-refractivity contribution >= 4 is 11.8 Å². The number of hydrogen-bond acceptors (Lipinski definition) is 3. The molecule has 2 amide bonds. The second-order valence-electron chi connectivity index (χ2n) is 6.66. The molecule has 0 radical (unpaired) electrons. The molecule has 1 aromatic rings. The summed E-state index contributed by atoms with van der Waals surface area (Å²) in [6.45, 7) is 6.82. The van der Waals surface area contributed by atoms with Crippen LogP contribution < -0.4 is 15.4 Å². The van der Waals surface area contributed by atoms with E-state index in [9.17, 15) is 9.59 Å². The molecule has 1 aromatic carbocycles. The number of carbonyl (C=O) groups is 2. The van der Waals surface area contributed by atoms with E-state index in [1.54, 1.807) is 7.11 Å². The highest BCUT2D eigenvalue weighted by Gasteiger charge is 2.27. The lowest BCUT2D eigenvalue weighted by Gasteiger charge is -2.23. The molecule has 5 heteroatoms. The highest BCUT2D eigenvalue weighted by molar-refractivity contribution is 5.90. The summed E-state index contributed by atoms with van der Waals surface area (Å²) in [6.07, 6.45) is 0.995. The summed E-state index contributed by atoms with van der Waals surface area (Å²) < 4.78 is 5.41. The van der Waals surface area contributed by atoms with Gasteiger partial charge < -0.3 is 15.4 Å². The van der Waals surface area contributed by atoms with Gasteiger partial charge in [-0.05, 0) is 35.1 Å². The summed E-state index contributed by atoms with van der Waals surface area (Å²) in [7, 11) is 1.66. The maximum Gasteiger partial charge on any atom is 0.242 e. The second-order valence-corrected chi connectivity index (χ2v) is 6.66. The monoisotopic (exact) mass is 304 g/mol. The van der Waals surface area contributed by atoms with Gasteiger partial charge in [0.15, 0.2) is 0 Å². The first-order valence-electron chi connectivity index (χ1n) is 7.55. The smallest absolute Gasteiger partial charge is 0.242 e. The number of benzene rings is 1. The Hall–Kier alpha value is -2.04. The predicted molar refractivity (Wildman–Crippen MR) is 84.7 cm³/mol. The summed E-state index contributed by atoms with van der Waals surface area (Å²) in [5.41, 5.74) is 2.09. The van der Waals surface area contributed by atoms with Gasteiger partial charge in [0, 0.05) is 13.0 Å². The predicted octanol–water partition coefficient (Wildman–Crippen LogP) is 1.89. The zero-order valence-corrected chi connectivity index (χ0v) is 13.7. The SMILES string of the molecule is COc1ccc(CNC(=O)C2CCC(=O)N2)cc1C(C)(C)C. The minimum absolute atomic E-state index is 0.0369. The zero-order valence-electron chi connectivity index (χ0n) is 13.7. The van der Waals surface area contributed by atoms with E-state index in [2.05, 4.69) is 37.5 Å². The van der Waals surface area contributed by atoms with Gasteiger partial charge in [-0.25, -0.2) is 0 Å². The molecule has 1 aliphatic rings. The van der Waals surface area contributed by atoms with Gasteiger partial charge in [0.25, 0.3) is 0 Å². The van der Waals surface area contributed by atoms with Crippen molar-refractivity contribution in [3.05, 3.63) is 29.3 Å². The lowest BCUT2D eigenvalue weighted by atomic mass is 9.85. The number of methoxy groups -OCH3 is 1. The Balaban J connectivity index is 2.04. The Labute approximate surface area is 131 Å². The molecule has 2 rings (SSSR count). The van der Waals surface area contributed by atoms with E-state index in [-0.39, 0.29) is 17.2 Å². The molecule has 22 heavy (non-hydrogen) atoms. The summed E-state index contributed by atoms with van der Waals surface area (Å²) in [5, 5.41) is 5.56. The van der Waals surface area contributed by atoms with Crippen LogP contribution in [0.2, 0.25) is 0 Å². The fourth-order valence-corrected chi connectivity index (χ4v) is 2.57. The molecule has 0 aliphatic carbocycles. The Morgan fingerprint density at radius 3 is 2.68 bits per heavy atom. The average Bonchev–Trinajstić information content (AvgIpc) is 2.90. The molecule has 1 saturated heterocycles. The summed E-state index contributed by atoms with van der Waals surface area (Å²) in [5.74, 6) is 0.671. The molecule has 1 fully saturated rings. The zero-order chi connectivity index (χ0) is 16.3. The molecule has 120 valence electrons. The maximum atomic E-state index is 12.0. The molecule has 1 heterocycles. The van der Waals surface area contributed by atoms with Gasteiger partial charge >= 0.3 is 0 Å². The van der Waals surface area contributed by atoms with E-state index in [4.69, 9.17) is 4.74 Å². The Morgan fingerprint density at radius 2 is 2.14 bits per heavy atom. The van der Waals surface area contributed by atoms with Crippen molar-refractivity contribution in [3.63, 3.8) is 0 Å². The number of nitrogens with one attached hydrogen (secondary N) is 2. The highest BCUT2D eigenvalue weighted by Crippen LogP contribution is 2.31. The van der Waals surface area contributed by atoms with Crippen LogP contribution in [0.5, 0.6) is 5.75 Å². The second kappa shape index (κ2) is 6.38. The van der Waals surface area contributed by atoms with Gasteiger partial charge in [-0.15, -0.1) is 0 Å². The van der Waals surface area contributed by atoms with Gasteiger partial charge in [-0.3, -0.25) is 9.59 Å². The first-order valence-corrected chi connectivity index (χ1v) is 7.55. The number of rotatable bonds is 4. The molecular formula is C17H24N2O3. The molecule has 1 atom stereocenters. The van der Waals surface area contributed by atoms with E-state index in [1.165, 1.54) is 0 Å². The van der Waals surface area contributed by atoms with Crippen LogP contribution in [0.15, 0.2) is 18.2 Å². The molecule has 5 nitrogen and oxygen atoms in total. The maximum absolute atomic E-state index is 12.0. The van der Waals surface area contributed by atoms with Crippen molar-refractivity contribution in [1.29, 1.82) is 0 Å². The standard InChI is InChI=1S/C17H24N2O3/c1-17(2,3)12-9-11(5-7-14(12)22-4)10-18-16(21)13-6-8-15(20)19-13/h5,7,9,13H,6,8,10H2,1-4H3,(H,18,21)(H,19,20). The molecule has 1 aliphatic heterocycles. The van der Waals surface area contributed by atoms with Crippen molar-refractivity contribution in [2.24, 2.45) is 0 Å². The van der Waals surface area contributed by atoms with Crippen molar-refractivity contribution in [2.45, 2.75) is 51.6 Å².